The number of nitrogens with one attached hydrogen (secondary N) is 1. The molecule has 0 heterocycles. The molecule has 0 radical (unpaired) electrons. The summed E-state index contributed by atoms with van der Waals surface area (Å²) < 4.78 is 5.40. The van der Waals surface area contributed by atoms with Crippen molar-refractivity contribution < 1.29 is 14.9 Å². The van der Waals surface area contributed by atoms with Crippen LogP contribution in [0.2, 0.25) is 0 Å². The summed E-state index contributed by atoms with van der Waals surface area (Å²) in [7, 11) is 0. The number of benzene rings is 1. The zero-order valence-corrected chi connectivity index (χ0v) is 11.1. The molecule has 3 N–H and O–H groups in total. The van der Waals surface area contributed by atoms with Crippen molar-refractivity contribution in [3.05, 3.63) is 23.8 Å². The number of aromatic hydroxyl groups is 1. The summed E-state index contributed by atoms with van der Waals surface area (Å²) >= 11 is 0. The highest BCUT2D eigenvalue weighted by atomic mass is 16.5. The number of aliphatic hydroxyl groups is 1. The largest absolute Gasteiger partial charge is 0.508 e. The minimum Gasteiger partial charge on any atom is -0.508 e. The molecular weight excluding hydrogens is 230 g/mol. The van der Waals surface area contributed by atoms with Crippen molar-refractivity contribution in [2.45, 2.75) is 39.3 Å². The Balaban J connectivity index is 2.52. The highest BCUT2D eigenvalue weighted by Crippen LogP contribution is 2.23. The smallest absolute Gasteiger partial charge is 0.120 e. The molecule has 0 saturated heterocycles. The van der Waals surface area contributed by atoms with Crippen molar-refractivity contribution in [3.8, 4) is 11.5 Å². The summed E-state index contributed by atoms with van der Waals surface area (Å²) in [6.07, 6.45) is 1.71. The maximum absolute atomic E-state index is 9.76. The van der Waals surface area contributed by atoms with Crippen molar-refractivity contribution >= 4 is 0 Å². The van der Waals surface area contributed by atoms with Crippen LogP contribution < -0.4 is 10.1 Å². The fourth-order valence-electron chi connectivity index (χ4n) is 1.74. The third kappa shape index (κ3) is 4.94. The third-order valence-corrected chi connectivity index (χ3v) is 2.80. The van der Waals surface area contributed by atoms with Crippen LogP contribution in [-0.4, -0.2) is 29.5 Å². The Labute approximate surface area is 109 Å². The van der Waals surface area contributed by atoms with Crippen LogP contribution in [0, 0.1) is 0 Å². The predicted octanol–water partition coefficient (Wildman–Crippen LogP) is 2.04. The van der Waals surface area contributed by atoms with Crippen molar-refractivity contribution in [1.82, 2.24) is 5.32 Å². The molecule has 0 saturated carbocycles. The van der Waals surface area contributed by atoms with E-state index in [4.69, 9.17) is 9.84 Å². The SMILES string of the molecule is CCOc1ccc(O)c(CNC(C)CCCO)c1. The average molecular weight is 253 g/mol. The van der Waals surface area contributed by atoms with Crippen LogP contribution in [0.1, 0.15) is 32.3 Å². The van der Waals surface area contributed by atoms with Crippen LogP contribution in [-0.2, 0) is 6.54 Å². The van der Waals surface area contributed by atoms with Crippen molar-refractivity contribution in [2.75, 3.05) is 13.2 Å². The molecule has 0 aliphatic heterocycles. The molecule has 102 valence electrons. The van der Waals surface area contributed by atoms with Crippen LogP contribution in [0.25, 0.3) is 0 Å². The second-order valence-corrected chi connectivity index (χ2v) is 4.37. The van der Waals surface area contributed by atoms with E-state index in [9.17, 15) is 5.11 Å². The molecule has 1 rings (SSSR count). The molecule has 1 atom stereocenters. The Morgan fingerprint density at radius 2 is 2.17 bits per heavy atom. The normalized spacial score (nSPS) is 12.4. The van der Waals surface area contributed by atoms with Gasteiger partial charge in [0.2, 0.25) is 0 Å². The lowest BCUT2D eigenvalue weighted by Gasteiger charge is -2.14. The first-order valence-corrected chi connectivity index (χ1v) is 6.46. The number of phenolic OH excluding ortho intramolecular Hbond substituents is 1. The van der Waals surface area contributed by atoms with E-state index in [0.717, 1.165) is 24.2 Å². The summed E-state index contributed by atoms with van der Waals surface area (Å²) in [5.41, 5.74) is 0.830. The van der Waals surface area contributed by atoms with Crippen LogP contribution in [0.3, 0.4) is 0 Å². The number of phenols is 1. The van der Waals surface area contributed by atoms with Gasteiger partial charge in [0.15, 0.2) is 0 Å². The van der Waals surface area contributed by atoms with E-state index >= 15 is 0 Å². The Bertz CT molecular complexity index is 355. The van der Waals surface area contributed by atoms with Crippen LogP contribution in [0.4, 0.5) is 0 Å². The van der Waals surface area contributed by atoms with Gasteiger partial charge in [0, 0.05) is 24.8 Å². The van der Waals surface area contributed by atoms with Gasteiger partial charge in [0.1, 0.15) is 11.5 Å². The molecule has 0 aromatic heterocycles. The molecule has 0 spiro atoms. The standard InChI is InChI=1S/C14H23NO3/c1-3-18-13-6-7-14(17)12(9-13)10-15-11(2)5-4-8-16/h6-7,9,11,15-17H,3-5,8,10H2,1-2H3. The fourth-order valence-corrected chi connectivity index (χ4v) is 1.74. The highest BCUT2D eigenvalue weighted by Gasteiger charge is 2.06. The van der Waals surface area contributed by atoms with Gasteiger partial charge < -0.3 is 20.3 Å². The van der Waals surface area contributed by atoms with E-state index in [-0.39, 0.29) is 12.4 Å². The summed E-state index contributed by atoms with van der Waals surface area (Å²) in [4.78, 5) is 0. The third-order valence-electron chi connectivity index (χ3n) is 2.80. The second-order valence-electron chi connectivity index (χ2n) is 4.37. The molecule has 4 nitrogen and oxygen atoms in total. The zero-order valence-electron chi connectivity index (χ0n) is 11.1. The van der Waals surface area contributed by atoms with E-state index in [1.807, 2.05) is 13.0 Å². The van der Waals surface area contributed by atoms with Gasteiger partial charge in [0.25, 0.3) is 0 Å². The molecule has 0 amide bonds. The van der Waals surface area contributed by atoms with Crippen LogP contribution in [0.5, 0.6) is 11.5 Å². The van der Waals surface area contributed by atoms with E-state index in [0.29, 0.717) is 19.2 Å². The lowest BCUT2D eigenvalue weighted by atomic mass is 10.1. The Kier molecular flexibility index (Phi) is 6.54. The number of rotatable bonds is 8. The Morgan fingerprint density at radius 1 is 1.39 bits per heavy atom. The molecule has 4 heteroatoms. The highest BCUT2D eigenvalue weighted by molar-refractivity contribution is 5.39. The van der Waals surface area contributed by atoms with Gasteiger partial charge in [-0.15, -0.1) is 0 Å². The average Bonchev–Trinajstić information content (AvgIpc) is 2.37. The minimum atomic E-state index is 0.219. The predicted molar refractivity (Wildman–Crippen MR) is 71.9 cm³/mol. The molecule has 18 heavy (non-hydrogen) atoms. The van der Waals surface area contributed by atoms with Gasteiger partial charge in [-0.2, -0.15) is 0 Å². The maximum Gasteiger partial charge on any atom is 0.120 e. The van der Waals surface area contributed by atoms with E-state index in [1.54, 1.807) is 12.1 Å². The van der Waals surface area contributed by atoms with E-state index < -0.39 is 0 Å². The molecule has 0 aliphatic rings. The lowest BCUT2D eigenvalue weighted by Crippen LogP contribution is -2.25. The van der Waals surface area contributed by atoms with Gasteiger partial charge >= 0.3 is 0 Å². The maximum atomic E-state index is 9.76. The summed E-state index contributed by atoms with van der Waals surface area (Å²) in [6.45, 7) is 5.43. The van der Waals surface area contributed by atoms with E-state index in [1.165, 1.54) is 0 Å². The number of hydrogen-bond acceptors (Lipinski definition) is 4. The first kappa shape index (κ1) is 14.8. The van der Waals surface area contributed by atoms with Gasteiger partial charge in [-0.05, 0) is 44.9 Å². The molecule has 0 aliphatic carbocycles. The summed E-state index contributed by atoms with van der Waals surface area (Å²) in [5, 5.41) is 21.8. The first-order chi connectivity index (χ1) is 8.67. The molecular formula is C14H23NO3. The van der Waals surface area contributed by atoms with Gasteiger partial charge in [0.05, 0.1) is 6.61 Å². The van der Waals surface area contributed by atoms with Gasteiger partial charge in [-0.25, -0.2) is 0 Å². The monoisotopic (exact) mass is 253 g/mol. The van der Waals surface area contributed by atoms with Crippen molar-refractivity contribution in [3.63, 3.8) is 0 Å². The lowest BCUT2D eigenvalue weighted by molar-refractivity contribution is 0.276. The molecule has 1 unspecified atom stereocenters. The topological polar surface area (TPSA) is 61.7 Å². The van der Waals surface area contributed by atoms with Gasteiger partial charge in [-0.1, -0.05) is 0 Å². The minimum absolute atomic E-state index is 0.219. The fraction of sp³-hybridized carbons (Fsp3) is 0.571. The quantitative estimate of drug-likeness (QED) is 0.663. The zero-order chi connectivity index (χ0) is 13.4. The Morgan fingerprint density at radius 3 is 2.83 bits per heavy atom. The molecule has 0 fully saturated rings. The first-order valence-electron chi connectivity index (χ1n) is 6.46. The number of aliphatic hydroxyl groups excluding tert-OH is 1. The van der Waals surface area contributed by atoms with Gasteiger partial charge in [-0.3, -0.25) is 0 Å². The molecule has 0 bridgehead atoms. The second kappa shape index (κ2) is 7.95. The molecule has 1 aromatic rings. The summed E-state index contributed by atoms with van der Waals surface area (Å²) in [5.74, 6) is 1.05. The summed E-state index contributed by atoms with van der Waals surface area (Å²) in [6, 6.07) is 5.58. The number of ether oxygens (including phenoxy) is 1. The van der Waals surface area contributed by atoms with Crippen molar-refractivity contribution in [2.24, 2.45) is 0 Å². The van der Waals surface area contributed by atoms with Crippen LogP contribution >= 0.6 is 0 Å². The molecule has 1 aromatic carbocycles. The Hall–Kier alpha value is -1.26. The van der Waals surface area contributed by atoms with E-state index in [2.05, 4.69) is 12.2 Å². The van der Waals surface area contributed by atoms with Crippen LogP contribution in [0.15, 0.2) is 18.2 Å². The van der Waals surface area contributed by atoms with Crippen molar-refractivity contribution in [1.29, 1.82) is 0 Å². The number of hydrogen-bond donors (Lipinski definition) is 3.